The van der Waals surface area contributed by atoms with Crippen LogP contribution in [-0.2, 0) is 9.53 Å². The summed E-state index contributed by atoms with van der Waals surface area (Å²) >= 11 is 1.52. The van der Waals surface area contributed by atoms with E-state index in [9.17, 15) is 9.59 Å². The summed E-state index contributed by atoms with van der Waals surface area (Å²) in [7, 11) is 0. The topological polar surface area (TPSA) is 58.6 Å². The number of fused-ring (bicyclic) bond motifs is 1. The predicted octanol–water partition coefficient (Wildman–Crippen LogP) is 2.04. The van der Waals surface area contributed by atoms with E-state index in [4.69, 9.17) is 4.74 Å². The molecule has 23 heavy (non-hydrogen) atoms. The zero-order chi connectivity index (χ0) is 15.8. The van der Waals surface area contributed by atoms with Crippen molar-refractivity contribution in [1.29, 1.82) is 0 Å². The van der Waals surface area contributed by atoms with Gasteiger partial charge in [0, 0.05) is 24.6 Å². The van der Waals surface area contributed by atoms with Crippen molar-refractivity contribution in [2.24, 2.45) is 5.92 Å². The van der Waals surface area contributed by atoms with Crippen LogP contribution < -0.4 is 5.32 Å². The van der Waals surface area contributed by atoms with Crippen molar-refractivity contribution in [1.82, 2.24) is 10.2 Å². The first kappa shape index (κ1) is 15.1. The minimum absolute atomic E-state index is 0.0305. The molecule has 2 aliphatic heterocycles. The van der Waals surface area contributed by atoms with E-state index < -0.39 is 0 Å². The van der Waals surface area contributed by atoms with Crippen LogP contribution in [0, 0.1) is 5.92 Å². The second-order valence-electron chi connectivity index (χ2n) is 6.76. The number of rotatable bonds is 3. The molecule has 4 rings (SSSR count). The molecule has 3 atom stereocenters. The summed E-state index contributed by atoms with van der Waals surface area (Å²) in [4.78, 5) is 27.2. The Morgan fingerprint density at radius 2 is 2.09 bits per heavy atom. The summed E-state index contributed by atoms with van der Waals surface area (Å²) in [5.74, 6) is -0.136. The molecule has 5 nitrogen and oxygen atoms in total. The van der Waals surface area contributed by atoms with E-state index in [1.165, 1.54) is 24.2 Å². The number of ether oxygens (including phenoxy) is 1. The molecule has 0 radical (unpaired) electrons. The van der Waals surface area contributed by atoms with Crippen LogP contribution in [-0.4, -0.2) is 48.1 Å². The van der Waals surface area contributed by atoms with Crippen LogP contribution in [0.5, 0.6) is 0 Å². The van der Waals surface area contributed by atoms with Crippen molar-refractivity contribution in [3.8, 4) is 0 Å². The Bertz CT molecular complexity index is 583. The van der Waals surface area contributed by atoms with Gasteiger partial charge in [-0.2, -0.15) is 11.3 Å². The van der Waals surface area contributed by atoms with Gasteiger partial charge in [0.15, 0.2) is 0 Å². The standard InChI is InChI=1S/C17H22N2O3S/c20-16(18-12-3-1-2-4-12)13-9-19(14-5-7-22-15(13)14)17(21)11-6-8-23-10-11/h6,8,10,12-15H,1-5,7,9H2,(H,18,20)/t13-,14+,15-/m1/s1. The third kappa shape index (κ3) is 2.78. The molecule has 3 fully saturated rings. The zero-order valence-electron chi connectivity index (χ0n) is 13.1. The minimum atomic E-state index is -0.231. The Hall–Kier alpha value is -1.40. The summed E-state index contributed by atoms with van der Waals surface area (Å²) in [5, 5.41) is 6.96. The van der Waals surface area contributed by atoms with Crippen molar-refractivity contribution >= 4 is 23.2 Å². The average molecular weight is 334 g/mol. The van der Waals surface area contributed by atoms with Crippen molar-refractivity contribution in [2.75, 3.05) is 13.2 Å². The number of likely N-dealkylation sites (tertiary alicyclic amines) is 1. The maximum Gasteiger partial charge on any atom is 0.255 e. The van der Waals surface area contributed by atoms with Gasteiger partial charge in [-0.25, -0.2) is 0 Å². The molecule has 0 bridgehead atoms. The van der Waals surface area contributed by atoms with Crippen molar-refractivity contribution in [3.63, 3.8) is 0 Å². The van der Waals surface area contributed by atoms with E-state index in [1.54, 1.807) is 0 Å². The van der Waals surface area contributed by atoms with Crippen LogP contribution >= 0.6 is 11.3 Å². The van der Waals surface area contributed by atoms with Gasteiger partial charge in [-0.15, -0.1) is 0 Å². The number of nitrogens with one attached hydrogen (secondary N) is 1. The number of carbonyl (C=O) groups is 2. The molecule has 1 aromatic rings. The van der Waals surface area contributed by atoms with Crippen LogP contribution in [0.4, 0.5) is 0 Å². The Kier molecular flexibility index (Phi) is 4.11. The van der Waals surface area contributed by atoms with Crippen molar-refractivity contribution in [2.45, 2.75) is 50.3 Å². The van der Waals surface area contributed by atoms with Gasteiger partial charge >= 0.3 is 0 Å². The monoisotopic (exact) mass is 334 g/mol. The van der Waals surface area contributed by atoms with E-state index in [2.05, 4.69) is 5.32 Å². The fourth-order valence-corrected chi connectivity index (χ4v) is 4.79. The third-order valence-corrected chi connectivity index (χ3v) is 6.04. The van der Waals surface area contributed by atoms with Gasteiger partial charge in [-0.1, -0.05) is 12.8 Å². The van der Waals surface area contributed by atoms with Gasteiger partial charge < -0.3 is 15.0 Å². The zero-order valence-corrected chi connectivity index (χ0v) is 13.9. The third-order valence-electron chi connectivity index (χ3n) is 5.36. The highest BCUT2D eigenvalue weighted by Gasteiger charge is 2.50. The van der Waals surface area contributed by atoms with Crippen LogP contribution in [0.15, 0.2) is 16.8 Å². The van der Waals surface area contributed by atoms with Gasteiger partial charge in [0.05, 0.1) is 23.6 Å². The highest BCUT2D eigenvalue weighted by molar-refractivity contribution is 7.08. The van der Waals surface area contributed by atoms with Crippen molar-refractivity contribution in [3.05, 3.63) is 22.4 Å². The first-order valence-electron chi connectivity index (χ1n) is 8.49. The molecule has 1 aliphatic carbocycles. The SMILES string of the molecule is O=C(NC1CCCC1)[C@@H]1CN(C(=O)c2ccsc2)[C@H]2CCO[C@H]12. The molecule has 2 saturated heterocycles. The molecule has 0 aromatic carbocycles. The van der Waals surface area contributed by atoms with E-state index in [0.717, 1.165) is 24.8 Å². The molecular weight excluding hydrogens is 312 g/mol. The normalized spacial score (nSPS) is 30.6. The highest BCUT2D eigenvalue weighted by atomic mass is 32.1. The van der Waals surface area contributed by atoms with E-state index >= 15 is 0 Å². The van der Waals surface area contributed by atoms with Gasteiger partial charge in [-0.3, -0.25) is 9.59 Å². The maximum atomic E-state index is 12.7. The average Bonchev–Trinajstić information content (AvgIpc) is 3.30. The molecule has 0 spiro atoms. The van der Waals surface area contributed by atoms with Gasteiger partial charge in [0.2, 0.25) is 5.91 Å². The van der Waals surface area contributed by atoms with Gasteiger partial charge in [0.1, 0.15) is 0 Å². The van der Waals surface area contributed by atoms with Gasteiger partial charge in [0.25, 0.3) is 5.91 Å². The number of thiophene rings is 1. The summed E-state index contributed by atoms with van der Waals surface area (Å²) < 4.78 is 5.82. The quantitative estimate of drug-likeness (QED) is 0.920. The molecular formula is C17H22N2O3S. The summed E-state index contributed by atoms with van der Waals surface area (Å²) in [6.45, 7) is 1.11. The lowest BCUT2D eigenvalue weighted by molar-refractivity contribution is -0.128. The lowest BCUT2D eigenvalue weighted by atomic mass is 10.0. The second kappa shape index (κ2) is 6.24. The molecule has 2 amide bonds. The Labute approximate surface area is 140 Å². The van der Waals surface area contributed by atoms with Crippen LogP contribution in [0.1, 0.15) is 42.5 Å². The predicted molar refractivity (Wildman–Crippen MR) is 87.4 cm³/mol. The molecule has 6 heteroatoms. The lowest BCUT2D eigenvalue weighted by Crippen LogP contribution is -2.42. The highest BCUT2D eigenvalue weighted by Crippen LogP contribution is 2.35. The molecule has 0 unspecified atom stereocenters. The number of hydrogen-bond donors (Lipinski definition) is 1. The number of amides is 2. The van der Waals surface area contributed by atoms with Crippen LogP contribution in [0.2, 0.25) is 0 Å². The number of nitrogens with zero attached hydrogens (tertiary/aromatic N) is 1. The minimum Gasteiger partial charge on any atom is -0.375 e. The van der Waals surface area contributed by atoms with E-state index in [-0.39, 0.29) is 29.9 Å². The molecule has 3 aliphatic rings. The van der Waals surface area contributed by atoms with Gasteiger partial charge in [-0.05, 0) is 30.7 Å². The smallest absolute Gasteiger partial charge is 0.255 e. The van der Waals surface area contributed by atoms with E-state index in [0.29, 0.717) is 19.2 Å². The number of carbonyl (C=O) groups excluding carboxylic acids is 2. The van der Waals surface area contributed by atoms with Crippen LogP contribution in [0.25, 0.3) is 0 Å². The fourth-order valence-electron chi connectivity index (χ4n) is 4.16. The maximum absolute atomic E-state index is 12.7. The Balaban J connectivity index is 1.48. The fraction of sp³-hybridized carbons (Fsp3) is 0.647. The van der Waals surface area contributed by atoms with E-state index in [1.807, 2.05) is 21.7 Å². The molecule has 1 aromatic heterocycles. The lowest BCUT2D eigenvalue weighted by Gasteiger charge is -2.22. The first-order valence-corrected chi connectivity index (χ1v) is 9.43. The largest absolute Gasteiger partial charge is 0.375 e. The summed E-state index contributed by atoms with van der Waals surface area (Å²) in [5.41, 5.74) is 0.720. The molecule has 3 heterocycles. The molecule has 1 saturated carbocycles. The van der Waals surface area contributed by atoms with Crippen LogP contribution in [0.3, 0.4) is 0 Å². The first-order chi connectivity index (χ1) is 11.2. The molecule has 1 N–H and O–H groups in total. The second-order valence-corrected chi connectivity index (χ2v) is 7.54. The van der Waals surface area contributed by atoms with Crippen molar-refractivity contribution < 1.29 is 14.3 Å². The molecule has 124 valence electrons. The summed E-state index contributed by atoms with van der Waals surface area (Å²) in [6, 6.07) is 2.20. The summed E-state index contributed by atoms with van der Waals surface area (Å²) in [6.07, 6.45) is 5.23. The Morgan fingerprint density at radius 1 is 1.26 bits per heavy atom. The Morgan fingerprint density at radius 3 is 2.83 bits per heavy atom. The number of hydrogen-bond acceptors (Lipinski definition) is 4.